The highest BCUT2D eigenvalue weighted by Gasteiger charge is 2.10. The topological polar surface area (TPSA) is 94.6 Å². The first kappa shape index (κ1) is 15.3. The van der Waals surface area contributed by atoms with Gasteiger partial charge in [0.25, 0.3) is 0 Å². The molecule has 22 heavy (non-hydrogen) atoms. The summed E-state index contributed by atoms with van der Waals surface area (Å²) in [6.07, 6.45) is 2.60. The number of anilines is 1. The molecule has 1 aromatic carbocycles. The predicted octanol–water partition coefficient (Wildman–Crippen LogP) is 3.16. The molecule has 0 aliphatic carbocycles. The van der Waals surface area contributed by atoms with Gasteiger partial charge in [-0.2, -0.15) is 0 Å². The number of carbonyl (C=O) groups is 1. The third-order valence-corrected chi connectivity index (χ3v) is 2.88. The summed E-state index contributed by atoms with van der Waals surface area (Å²) >= 11 is 0. The van der Waals surface area contributed by atoms with E-state index in [2.05, 4.69) is 5.32 Å². The highest BCUT2D eigenvalue weighted by atomic mass is 16.6. The lowest BCUT2D eigenvalue weighted by atomic mass is 10.2. The number of ether oxygens (including phenoxy) is 1. The van der Waals surface area contributed by atoms with Crippen LogP contribution < -0.4 is 10.1 Å². The van der Waals surface area contributed by atoms with E-state index >= 15 is 0 Å². The monoisotopic (exact) mass is 302 g/mol. The van der Waals surface area contributed by atoms with E-state index < -0.39 is 4.92 Å². The first-order valence-electron chi connectivity index (χ1n) is 6.37. The molecule has 0 saturated carbocycles. The number of carbonyl (C=O) groups excluding carboxylic acids is 1. The van der Waals surface area contributed by atoms with Crippen molar-refractivity contribution in [1.29, 1.82) is 0 Å². The highest BCUT2D eigenvalue weighted by molar-refractivity contribution is 6.02. The second-order valence-electron chi connectivity index (χ2n) is 4.44. The lowest BCUT2D eigenvalue weighted by molar-refractivity contribution is -0.402. The molecule has 1 amide bonds. The van der Waals surface area contributed by atoms with Gasteiger partial charge in [0, 0.05) is 11.8 Å². The zero-order valence-electron chi connectivity index (χ0n) is 12.0. The molecule has 0 radical (unpaired) electrons. The van der Waals surface area contributed by atoms with E-state index in [0.29, 0.717) is 11.4 Å². The quantitative estimate of drug-likeness (QED) is 0.520. The van der Waals surface area contributed by atoms with Gasteiger partial charge in [-0.15, -0.1) is 0 Å². The van der Waals surface area contributed by atoms with Crippen molar-refractivity contribution in [3.05, 3.63) is 57.8 Å². The Morgan fingerprint density at radius 1 is 1.36 bits per heavy atom. The molecular weight excluding hydrogens is 288 g/mol. The van der Waals surface area contributed by atoms with Crippen LogP contribution >= 0.6 is 0 Å². The van der Waals surface area contributed by atoms with Crippen molar-refractivity contribution < 1.29 is 18.9 Å². The average Bonchev–Trinajstić information content (AvgIpc) is 2.96. The predicted molar refractivity (Wildman–Crippen MR) is 80.8 cm³/mol. The Bertz CT molecular complexity index is 733. The van der Waals surface area contributed by atoms with Crippen LogP contribution in [0.25, 0.3) is 6.08 Å². The van der Waals surface area contributed by atoms with Gasteiger partial charge in [0.05, 0.1) is 13.2 Å². The molecule has 0 aliphatic heterocycles. The highest BCUT2D eigenvalue weighted by Crippen LogP contribution is 2.21. The molecule has 0 bridgehead atoms. The molecule has 0 unspecified atom stereocenters. The Labute approximate surface area is 126 Å². The van der Waals surface area contributed by atoms with Gasteiger partial charge >= 0.3 is 5.88 Å². The number of hydrogen-bond donors (Lipinski definition) is 1. The molecule has 2 aromatic rings. The first-order valence-corrected chi connectivity index (χ1v) is 6.37. The maximum atomic E-state index is 11.8. The smallest absolute Gasteiger partial charge is 0.433 e. The number of rotatable bonds is 5. The van der Waals surface area contributed by atoms with Crippen LogP contribution in [0, 0.1) is 17.0 Å². The molecule has 1 heterocycles. The molecule has 0 spiro atoms. The second kappa shape index (κ2) is 6.57. The Hall–Kier alpha value is -3.09. The van der Waals surface area contributed by atoms with E-state index in [4.69, 9.17) is 9.15 Å². The lowest BCUT2D eigenvalue weighted by Gasteiger charge is -2.08. The van der Waals surface area contributed by atoms with Crippen molar-refractivity contribution in [2.45, 2.75) is 6.92 Å². The number of nitro groups is 1. The number of aryl methyl sites for hydroxylation is 1. The van der Waals surface area contributed by atoms with Gasteiger partial charge in [-0.05, 0) is 42.8 Å². The molecule has 0 atom stereocenters. The van der Waals surface area contributed by atoms with E-state index in [-0.39, 0.29) is 17.6 Å². The summed E-state index contributed by atoms with van der Waals surface area (Å²) < 4.78 is 10.0. The van der Waals surface area contributed by atoms with Crippen LogP contribution in [-0.4, -0.2) is 17.9 Å². The Kier molecular flexibility index (Phi) is 4.57. The van der Waals surface area contributed by atoms with Gasteiger partial charge in [0.15, 0.2) is 0 Å². The van der Waals surface area contributed by atoms with Crippen molar-refractivity contribution in [1.82, 2.24) is 0 Å². The summed E-state index contributed by atoms with van der Waals surface area (Å²) in [5.41, 5.74) is 1.51. The molecule has 7 nitrogen and oxygen atoms in total. The fourth-order valence-corrected chi connectivity index (χ4v) is 1.77. The maximum absolute atomic E-state index is 11.8. The minimum Gasteiger partial charge on any atom is -0.497 e. The Morgan fingerprint density at radius 2 is 2.14 bits per heavy atom. The van der Waals surface area contributed by atoms with Crippen LogP contribution in [0.2, 0.25) is 0 Å². The summed E-state index contributed by atoms with van der Waals surface area (Å²) in [6.45, 7) is 1.84. The van der Waals surface area contributed by atoms with Gasteiger partial charge in [0.1, 0.15) is 16.4 Å². The van der Waals surface area contributed by atoms with Crippen LogP contribution in [0.15, 0.2) is 40.8 Å². The second-order valence-corrected chi connectivity index (χ2v) is 4.44. The summed E-state index contributed by atoms with van der Waals surface area (Å²) in [5.74, 6) is 0.195. The summed E-state index contributed by atoms with van der Waals surface area (Å²) in [6, 6.07) is 7.92. The zero-order valence-corrected chi connectivity index (χ0v) is 12.0. The van der Waals surface area contributed by atoms with Crippen LogP contribution in [0.1, 0.15) is 11.3 Å². The number of hydrogen-bond acceptors (Lipinski definition) is 5. The van der Waals surface area contributed by atoms with Crippen LogP contribution in [0.4, 0.5) is 11.6 Å². The van der Waals surface area contributed by atoms with E-state index in [1.54, 1.807) is 25.3 Å². The molecule has 1 aromatic heterocycles. The van der Waals surface area contributed by atoms with Crippen LogP contribution in [-0.2, 0) is 4.79 Å². The SMILES string of the molecule is COc1ccc(NC(=O)C=Cc2ccc([N+](=O)[O-])o2)c(C)c1. The van der Waals surface area contributed by atoms with Crippen LogP contribution in [0.3, 0.4) is 0 Å². The lowest BCUT2D eigenvalue weighted by Crippen LogP contribution is -2.08. The summed E-state index contributed by atoms with van der Waals surface area (Å²) in [4.78, 5) is 21.7. The normalized spacial score (nSPS) is 10.6. The zero-order chi connectivity index (χ0) is 16.1. The number of nitrogens with one attached hydrogen (secondary N) is 1. The van der Waals surface area contributed by atoms with Crippen molar-refractivity contribution >= 4 is 23.6 Å². The molecule has 0 fully saturated rings. The Morgan fingerprint density at radius 3 is 2.73 bits per heavy atom. The number of amides is 1. The van der Waals surface area contributed by atoms with E-state index in [9.17, 15) is 14.9 Å². The van der Waals surface area contributed by atoms with Gasteiger partial charge < -0.3 is 14.5 Å². The fraction of sp³-hybridized carbons (Fsp3) is 0.133. The van der Waals surface area contributed by atoms with Crippen molar-refractivity contribution in [3.8, 4) is 5.75 Å². The maximum Gasteiger partial charge on any atom is 0.433 e. The molecule has 7 heteroatoms. The number of furan rings is 1. The molecule has 0 saturated heterocycles. The molecule has 114 valence electrons. The third kappa shape index (κ3) is 3.72. The fourth-order valence-electron chi connectivity index (χ4n) is 1.77. The van der Waals surface area contributed by atoms with Gasteiger partial charge in [-0.25, -0.2) is 0 Å². The molecule has 0 aliphatic rings. The standard InChI is InChI=1S/C15H14N2O5/c1-10-9-12(21-2)3-6-13(10)16-14(18)7-4-11-5-8-15(22-11)17(19)20/h3-9H,1-2H3,(H,16,18). The Balaban J connectivity index is 2.03. The van der Waals surface area contributed by atoms with E-state index in [1.165, 1.54) is 24.3 Å². The van der Waals surface area contributed by atoms with Gasteiger partial charge in [-0.3, -0.25) is 14.9 Å². The van der Waals surface area contributed by atoms with Crippen molar-refractivity contribution in [2.24, 2.45) is 0 Å². The largest absolute Gasteiger partial charge is 0.497 e. The number of benzene rings is 1. The molecule has 1 N–H and O–H groups in total. The van der Waals surface area contributed by atoms with E-state index in [0.717, 1.165) is 5.56 Å². The first-order chi connectivity index (χ1) is 10.5. The number of methoxy groups -OCH3 is 1. The third-order valence-electron chi connectivity index (χ3n) is 2.88. The molecule has 2 rings (SSSR count). The van der Waals surface area contributed by atoms with Crippen molar-refractivity contribution in [2.75, 3.05) is 12.4 Å². The van der Waals surface area contributed by atoms with Gasteiger partial charge in [-0.1, -0.05) is 0 Å². The average molecular weight is 302 g/mol. The van der Waals surface area contributed by atoms with Crippen LogP contribution in [0.5, 0.6) is 5.75 Å². The van der Waals surface area contributed by atoms with Crippen molar-refractivity contribution in [3.63, 3.8) is 0 Å². The summed E-state index contributed by atoms with van der Waals surface area (Å²) in [7, 11) is 1.57. The molecular formula is C15H14N2O5. The minimum atomic E-state index is -0.641. The van der Waals surface area contributed by atoms with Gasteiger partial charge in [0.2, 0.25) is 5.91 Å². The minimum absolute atomic E-state index is 0.230. The van der Waals surface area contributed by atoms with E-state index in [1.807, 2.05) is 6.92 Å². The summed E-state index contributed by atoms with van der Waals surface area (Å²) in [5, 5.41) is 13.2. The number of nitrogens with zero attached hydrogens (tertiary/aromatic N) is 1.